The number of nitrogens with zero attached hydrogens (tertiary/aromatic N) is 1. The molecule has 1 aromatic rings. The fourth-order valence-corrected chi connectivity index (χ4v) is 3.02. The molecular formula is C15H26N2O2S. The van der Waals surface area contributed by atoms with Crippen molar-refractivity contribution in [2.75, 3.05) is 30.3 Å². The van der Waals surface area contributed by atoms with Gasteiger partial charge in [0, 0.05) is 18.0 Å². The van der Waals surface area contributed by atoms with Gasteiger partial charge in [0.05, 0.1) is 5.75 Å². The third kappa shape index (κ3) is 5.92. The Morgan fingerprint density at radius 1 is 1.15 bits per heavy atom. The molecule has 0 atom stereocenters. The zero-order valence-electron chi connectivity index (χ0n) is 12.5. The molecule has 1 rings (SSSR count). The summed E-state index contributed by atoms with van der Waals surface area (Å²) in [5, 5.41) is 0. The van der Waals surface area contributed by atoms with Crippen molar-refractivity contribution in [3.8, 4) is 0 Å². The van der Waals surface area contributed by atoms with Crippen LogP contribution in [0.2, 0.25) is 0 Å². The quantitative estimate of drug-likeness (QED) is 0.711. The molecule has 0 aliphatic rings. The first-order chi connectivity index (χ1) is 9.48. The van der Waals surface area contributed by atoms with Crippen molar-refractivity contribution in [3.05, 3.63) is 29.8 Å². The smallest absolute Gasteiger partial charge is 0.150 e. The van der Waals surface area contributed by atoms with E-state index >= 15 is 0 Å². The molecule has 0 bridgehead atoms. The zero-order chi connectivity index (χ0) is 15.0. The first kappa shape index (κ1) is 17.0. The van der Waals surface area contributed by atoms with E-state index in [1.807, 2.05) is 24.3 Å². The first-order valence-corrected chi connectivity index (χ1v) is 9.06. The van der Waals surface area contributed by atoms with E-state index in [1.54, 1.807) is 6.92 Å². The first-order valence-electron chi connectivity index (χ1n) is 7.24. The Balaban J connectivity index is 2.55. The van der Waals surface area contributed by atoms with Gasteiger partial charge in [0.25, 0.3) is 0 Å². The number of sulfone groups is 1. The highest BCUT2D eigenvalue weighted by atomic mass is 32.2. The van der Waals surface area contributed by atoms with Crippen LogP contribution in [0.15, 0.2) is 24.3 Å². The van der Waals surface area contributed by atoms with Gasteiger partial charge in [-0.2, -0.15) is 0 Å². The van der Waals surface area contributed by atoms with Crippen LogP contribution < -0.4 is 5.73 Å². The fourth-order valence-electron chi connectivity index (χ4n) is 2.16. The maximum atomic E-state index is 11.5. The molecule has 0 fully saturated rings. The third-order valence-corrected chi connectivity index (χ3v) is 5.15. The number of para-hydroxylation sites is 1. The molecule has 2 N–H and O–H groups in total. The zero-order valence-corrected chi connectivity index (χ0v) is 13.3. The standard InChI is InChI=1S/C15H26N2O2S/c1-3-10-17(11-7-12-20(18,19)4-2)13-14-8-5-6-9-15(14)16/h5-6,8-9H,3-4,7,10-13,16H2,1-2H3. The third-order valence-electron chi connectivity index (χ3n) is 3.36. The molecule has 0 aliphatic heterocycles. The maximum Gasteiger partial charge on any atom is 0.150 e. The van der Waals surface area contributed by atoms with Crippen LogP contribution >= 0.6 is 0 Å². The lowest BCUT2D eigenvalue weighted by molar-refractivity contribution is 0.267. The van der Waals surface area contributed by atoms with Gasteiger partial charge in [-0.25, -0.2) is 8.42 Å². The predicted octanol–water partition coefficient (Wildman–Crippen LogP) is 2.31. The fraction of sp³-hybridized carbons (Fsp3) is 0.600. The van der Waals surface area contributed by atoms with Crippen molar-refractivity contribution in [2.45, 2.75) is 33.2 Å². The molecule has 5 heteroatoms. The summed E-state index contributed by atoms with van der Waals surface area (Å²) < 4.78 is 23.0. The van der Waals surface area contributed by atoms with Crippen molar-refractivity contribution in [1.29, 1.82) is 0 Å². The van der Waals surface area contributed by atoms with Crippen LogP contribution in [-0.2, 0) is 16.4 Å². The number of nitrogen functional groups attached to an aromatic ring is 1. The number of hydrogen-bond donors (Lipinski definition) is 1. The number of anilines is 1. The molecule has 0 amide bonds. The molecule has 114 valence electrons. The monoisotopic (exact) mass is 298 g/mol. The second-order valence-corrected chi connectivity index (χ2v) is 7.54. The van der Waals surface area contributed by atoms with Gasteiger partial charge in [0.2, 0.25) is 0 Å². The van der Waals surface area contributed by atoms with E-state index < -0.39 is 9.84 Å². The summed E-state index contributed by atoms with van der Waals surface area (Å²) in [6.45, 7) is 6.36. The molecule has 0 aliphatic carbocycles. The minimum Gasteiger partial charge on any atom is -0.398 e. The van der Waals surface area contributed by atoms with Gasteiger partial charge in [0.15, 0.2) is 0 Å². The van der Waals surface area contributed by atoms with Gasteiger partial charge in [-0.05, 0) is 37.6 Å². The molecule has 0 heterocycles. The lowest BCUT2D eigenvalue weighted by Gasteiger charge is -2.22. The summed E-state index contributed by atoms with van der Waals surface area (Å²) in [5.74, 6) is 0.500. The molecule has 1 aromatic carbocycles. The molecule has 0 spiro atoms. The number of nitrogens with two attached hydrogens (primary N) is 1. The van der Waals surface area contributed by atoms with E-state index in [9.17, 15) is 8.42 Å². The molecule has 0 unspecified atom stereocenters. The normalized spacial score (nSPS) is 11.9. The van der Waals surface area contributed by atoms with Crippen molar-refractivity contribution >= 4 is 15.5 Å². The summed E-state index contributed by atoms with van der Waals surface area (Å²) in [7, 11) is -2.86. The summed E-state index contributed by atoms with van der Waals surface area (Å²) in [6, 6.07) is 7.84. The van der Waals surface area contributed by atoms with Crippen molar-refractivity contribution in [3.63, 3.8) is 0 Å². The summed E-state index contributed by atoms with van der Waals surface area (Å²) >= 11 is 0. The average molecular weight is 298 g/mol. The Bertz CT molecular complexity index is 500. The Morgan fingerprint density at radius 2 is 1.85 bits per heavy atom. The lowest BCUT2D eigenvalue weighted by Crippen LogP contribution is -2.27. The highest BCUT2D eigenvalue weighted by molar-refractivity contribution is 7.91. The molecule has 0 aromatic heterocycles. The van der Waals surface area contributed by atoms with Gasteiger partial charge in [-0.15, -0.1) is 0 Å². The average Bonchev–Trinajstić information content (AvgIpc) is 2.41. The predicted molar refractivity (Wildman–Crippen MR) is 85.4 cm³/mol. The maximum absolute atomic E-state index is 11.5. The van der Waals surface area contributed by atoms with E-state index in [4.69, 9.17) is 5.73 Å². The largest absolute Gasteiger partial charge is 0.398 e. The van der Waals surface area contributed by atoms with Crippen molar-refractivity contribution < 1.29 is 8.42 Å². The van der Waals surface area contributed by atoms with Gasteiger partial charge in [-0.1, -0.05) is 32.0 Å². The summed E-state index contributed by atoms with van der Waals surface area (Å²) in [6.07, 6.45) is 1.73. The Hall–Kier alpha value is -1.07. The Morgan fingerprint density at radius 3 is 2.45 bits per heavy atom. The van der Waals surface area contributed by atoms with Gasteiger partial charge in [-0.3, -0.25) is 4.90 Å². The van der Waals surface area contributed by atoms with Crippen LogP contribution in [0.25, 0.3) is 0 Å². The van der Waals surface area contributed by atoms with Gasteiger partial charge < -0.3 is 5.73 Å². The van der Waals surface area contributed by atoms with Crippen molar-refractivity contribution in [2.24, 2.45) is 0 Å². The van der Waals surface area contributed by atoms with Crippen LogP contribution in [0.4, 0.5) is 5.69 Å². The van der Waals surface area contributed by atoms with E-state index in [-0.39, 0.29) is 11.5 Å². The van der Waals surface area contributed by atoms with Crippen molar-refractivity contribution in [1.82, 2.24) is 4.90 Å². The Labute approximate surface area is 122 Å². The summed E-state index contributed by atoms with van der Waals surface area (Å²) in [4.78, 5) is 2.27. The van der Waals surface area contributed by atoms with Crippen LogP contribution in [0.1, 0.15) is 32.3 Å². The van der Waals surface area contributed by atoms with Crippen LogP contribution in [0.5, 0.6) is 0 Å². The second kappa shape index (κ2) is 8.27. The Kier molecular flexibility index (Phi) is 7.02. The summed E-state index contributed by atoms with van der Waals surface area (Å²) in [5.41, 5.74) is 7.87. The highest BCUT2D eigenvalue weighted by Gasteiger charge is 2.11. The van der Waals surface area contributed by atoms with Gasteiger partial charge in [0.1, 0.15) is 9.84 Å². The van der Waals surface area contributed by atoms with Crippen LogP contribution in [0.3, 0.4) is 0 Å². The molecule has 0 saturated carbocycles. The number of rotatable bonds is 9. The topological polar surface area (TPSA) is 63.4 Å². The molecule has 20 heavy (non-hydrogen) atoms. The molecule has 4 nitrogen and oxygen atoms in total. The minimum atomic E-state index is -2.86. The van der Waals surface area contributed by atoms with E-state index in [1.165, 1.54) is 0 Å². The number of benzene rings is 1. The minimum absolute atomic E-state index is 0.229. The second-order valence-electron chi connectivity index (χ2n) is 5.06. The van der Waals surface area contributed by atoms with E-state index in [2.05, 4.69) is 11.8 Å². The molecular weight excluding hydrogens is 272 g/mol. The number of hydrogen-bond acceptors (Lipinski definition) is 4. The molecule has 0 radical (unpaired) electrons. The van der Waals surface area contributed by atoms with E-state index in [0.29, 0.717) is 6.42 Å². The lowest BCUT2D eigenvalue weighted by atomic mass is 10.1. The SMILES string of the molecule is CCCN(CCCS(=O)(=O)CC)Cc1ccccc1N. The van der Waals surface area contributed by atoms with E-state index in [0.717, 1.165) is 37.3 Å². The highest BCUT2D eigenvalue weighted by Crippen LogP contribution is 2.14. The van der Waals surface area contributed by atoms with Gasteiger partial charge >= 0.3 is 0 Å². The van der Waals surface area contributed by atoms with Crippen LogP contribution in [0, 0.1) is 0 Å². The van der Waals surface area contributed by atoms with Crippen LogP contribution in [-0.4, -0.2) is 37.9 Å². The molecule has 0 saturated heterocycles.